The normalized spacial score (nSPS) is 11.1. The Labute approximate surface area is 163 Å². The number of hydrogen-bond donors (Lipinski definition) is 2. The molecular formula is C19H26N2O7. The van der Waals surface area contributed by atoms with Gasteiger partial charge in [-0.1, -0.05) is 30.3 Å². The van der Waals surface area contributed by atoms with Gasteiger partial charge in [0.05, 0.1) is 14.2 Å². The van der Waals surface area contributed by atoms with Gasteiger partial charge in [0.25, 0.3) is 0 Å². The van der Waals surface area contributed by atoms with E-state index in [-0.39, 0.29) is 38.3 Å². The minimum Gasteiger partial charge on any atom is -0.469 e. The van der Waals surface area contributed by atoms with Gasteiger partial charge in [0.15, 0.2) is 0 Å². The third kappa shape index (κ3) is 9.56. The fourth-order valence-corrected chi connectivity index (χ4v) is 2.24. The monoisotopic (exact) mass is 394 g/mol. The van der Waals surface area contributed by atoms with Crippen LogP contribution in [0.15, 0.2) is 30.3 Å². The molecule has 1 aromatic carbocycles. The van der Waals surface area contributed by atoms with Crippen molar-refractivity contribution in [3.63, 3.8) is 0 Å². The molecule has 1 rings (SSSR count). The second kappa shape index (κ2) is 13.1. The van der Waals surface area contributed by atoms with Crippen molar-refractivity contribution in [1.82, 2.24) is 10.6 Å². The van der Waals surface area contributed by atoms with Crippen molar-refractivity contribution < 1.29 is 33.4 Å². The van der Waals surface area contributed by atoms with E-state index in [9.17, 15) is 19.2 Å². The molecule has 0 aliphatic carbocycles. The summed E-state index contributed by atoms with van der Waals surface area (Å²) in [7, 11) is 2.44. The zero-order valence-corrected chi connectivity index (χ0v) is 16.1. The predicted octanol–water partition coefficient (Wildman–Crippen LogP) is 1.30. The fourth-order valence-electron chi connectivity index (χ4n) is 2.24. The standard InChI is InChI=1S/C19H26N2O7/c1-26-17(23)11-10-15(18(24)27-2)21-16(22)9-6-12-20-19(25)28-13-14-7-4-3-5-8-14/h3-5,7-8,15H,6,9-13H2,1-2H3,(H,20,25)(H,21,22)/t15-/m1/s1. The average molecular weight is 394 g/mol. The Balaban J connectivity index is 2.25. The van der Waals surface area contributed by atoms with Gasteiger partial charge in [0, 0.05) is 19.4 Å². The molecule has 0 saturated heterocycles. The molecule has 9 nitrogen and oxygen atoms in total. The molecule has 154 valence electrons. The molecule has 2 amide bonds. The third-order valence-electron chi connectivity index (χ3n) is 3.75. The van der Waals surface area contributed by atoms with Crippen LogP contribution in [0, 0.1) is 0 Å². The molecule has 0 aliphatic rings. The number of nitrogens with one attached hydrogen (secondary N) is 2. The van der Waals surface area contributed by atoms with Crippen LogP contribution in [0.3, 0.4) is 0 Å². The molecule has 0 fully saturated rings. The van der Waals surface area contributed by atoms with Crippen molar-refractivity contribution in [3.05, 3.63) is 35.9 Å². The first-order valence-corrected chi connectivity index (χ1v) is 8.84. The van der Waals surface area contributed by atoms with Gasteiger partial charge in [0.2, 0.25) is 5.91 Å². The molecule has 1 aromatic rings. The van der Waals surface area contributed by atoms with Crippen LogP contribution in [0.4, 0.5) is 4.79 Å². The Morgan fingerprint density at radius 1 is 1.00 bits per heavy atom. The summed E-state index contributed by atoms with van der Waals surface area (Å²) in [5, 5.41) is 5.07. The summed E-state index contributed by atoms with van der Waals surface area (Å²) in [4.78, 5) is 46.5. The quantitative estimate of drug-likeness (QED) is 0.330. The number of methoxy groups -OCH3 is 2. The number of amides is 2. The highest BCUT2D eigenvalue weighted by Gasteiger charge is 2.22. The van der Waals surface area contributed by atoms with Gasteiger partial charge in [-0.25, -0.2) is 9.59 Å². The van der Waals surface area contributed by atoms with Crippen molar-refractivity contribution in [1.29, 1.82) is 0 Å². The Hall–Kier alpha value is -3.10. The smallest absolute Gasteiger partial charge is 0.407 e. The van der Waals surface area contributed by atoms with Crippen LogP contribution >= 0.6 is 0 Å². The summed E-state index contributed by atoms with van der Waals surface area (Å²) >= 11 is 0. The fraction of sp³-hybridized carbons (Fsp3) is 0.474. The molecule has 0 radical (unpaired) electrons. The Kier molecular flexibility index (Phi) is 10.8. The summed E-state index contributed by atoms with van der Waals surface area (Å²) in [6.45, 7) is 0.403. The number of esters is 2. The molecule has 0 aromatic heterocycles. The molecule has 9 heteroatoms. The predicted molar refractivity (Wildman–Crippen MR) is 99.1 cm³/mol. The first-order valence-electron chi connectivity index (χ1n) is 8.84. The van der Waals surface area contributed by atoms with Crippen LogP contribution in [0.1, 0.15) is 31.2 Å². The minimum absolute atomic E-state index is 0.0225. The molecule has 2 N–H and O–H groups in total. The van der Waals surface area contributed by atoms with Gasteiger partial charge in [0.1, 0.15) is 12.6 Å². The SMILES string of the molecule is COC(=O)CC[C@@H](NC(=O)CCCNC(=O)OCc1ccccc1)C(=O)OC. The van der Waals surface area contributed by atoms with Crippen molar-refractivity contribution in [2.24, 2.45) is 0 Å². The maximum atomic E-state index is 12.0. The van der Waals surface area contributed by atoms with Crippen LogP contribution in [0.5, 0.6) is 0 Å². The van der Waals surface area contributed by atoms with E-state index in [0.29, 0.717) is 6.42 Å². The lowest BCUT2D eigenvalue weighted by Gasteiger charge is -2.16. The van der Waals surface area contributed by atoms with Crippen molar-refractivity contribution in [2.75, 3.05) is 20.8 Å². The Bertz CT molecular complexity index is 649. The van der Waals surface area contributed by atoms with Gasteiger partial charge in [-0.3, -0.25) is 9.59 Å². The maximum Gasteiger partial charge on any atom is 0.407 e. The first kappa shape index (κ1) is 22.9. The van der Waals surface area contributed by atoms with E-state index in [1.807, 2.05) is 30.3 Å². The number of ether oxygens (including phenoxy) is 3. The maximum absolute atomic E-state index is 12.0. The van der Waals surface area contributed by atoms with Crippen molar-refractivity contribution in [2.45, 2.75) is 38.3 Å². The number of benzene rings is 1. The summed E-state index contributed by atoms with van der Waals surface area (Å²) in [5.74, 6) is -1.51. The summed E-state index contributed by atoms with van der Waals surface area (Å²) in [6, 6.07) is 8.32. The van der Waals surface area contributed by atoms with Crippen LogP contribution in [0.25, 0.3) is 0 Å². The van der Waals surface area contributed by atoms with Crippen LogP contribution < -0.4 is 10.6 Å². The lowest BCUT2D eigenvalue weighted by Crippen LogP contribution is -2.42. The van der Waals surface area contributed by atoms with Crippen LogP contribution in [-0.2, 0) is 35.2 Å². The molecule has 0 spiro atoms. The number of carbonyl (C=O) groups is 4. The number of rotatable bonds is 11. The van der Waals surface area contributed by atoms with Gasteiger partial charge >= 0.3 is 18.0 Å². The number of carbonyl (C=O) groups excluding carboxylic acids is 4. The summed E-state index contributed by atoms with van der Waals surface area (Å²) in [6.07, 6.45) is -0.0719. The second-order valence-electron chi connectivity index (χ2n) is 5.85. The lowest BCUT2D eigenvalue weighted by molar-refractivity contribution is -0.146. The van der Waals surface area contributed by atoms with Gasteiger partial charge in [-0.15, -0.1) is 0 Å². The minimum atomic E-state index is -0.930. The zero-order valence-electron chi connectivity index (χ0n) is 16.1. The molecule has 28 heavy (non-hydrogen) atoms. The highest BCUT2D eigenvalue weighted by molar-refractivity contribution is 5.84. The first-order chi connectivity index (χ1) is 13.5. The van der Waals surface area contributed by atoms with E-state index in [2.05, 4.69) is 20.1 Å². The van der Waals surface area contributed by atoms with E-state index < -0.39 is 24.1 Å². The van der Waals surface area contributed by atoms with E-state index >= 15 is 0 Å². The van der Waals surface area contributed by atoms with Gasteiger partial charge < -0.3 is 24.8 Å². The zero-order chi connectivity index (χ0) is 20.8. The largest absolute Gasteiger partial charge is 0.469 e. The van der Waals surface area contributed by atoms with Crippen molar-refractivity contribution >= 4 is 23.9 Å². The van der Waals surface area contributed by atoms with Crippen LogP contribution in [-0.4, -0.2) is 50.7 Å². The summed E-state index contributed by atoms with van der Waals surface area (Å²) < 4.78 is 14.2. The average Bonchev–Trinajstić information content (AvgIpc) is 2.72. The Morgan fingerprint density at radius 3 is 2.36 bits per heavy atom. The lowest BCUT2D eigenvalue weighted by atomic mass is 10.1. The van der Waals surface area contributed by atoms with Crippen LogP contribution in [0.2, 0.25) is 0 Å². The number of hydrogen-bond acceptors (Lipinski definition) is 7. The molecule has 0 bridgehead atoms. The molecule has 0 aliphatic heterocycles. The third-order valence-corrected chi connectivity index (χ3v) is 3.75. The van der Waals surface area contributed by atoms with Gasteiger partial charge in [-0.2, -0.15) is 0 Å². The highest BCUT2D eigenvalue weighted by atomic mass is 16.5. The summed E-state index contributed by atoms with van der Waals surface area (Å²) in [5.41, 5.74) is 0.873. The van der Waals surface area contributed by atoms with E-state index in [1.54, 1.807) is 0 Å². The topological polar surface area (TPSA) is 120 Å². The molecule has 0 heterocycles. The molecular weight excluding hydrogens is 368 g/mol. The second-order valence-corrected chi connectivity index (χ2v) is 5.85. The molecule has 1 atom stereocenters. The highest BCUT2D eigenvalue weighted by Crippen LogP contribution is 2.03. The van der Waals surface area contributed by atoms with E-state index in [4.69, 9.17) is 4.74 Å². The molecule has 0 saturated carbocycles. The molecule has 0 unspecified atom stereocenters. The Morgan fingerprint density at radius 2 is 1.71 bits per heavy atom. The van der Waals surface area contributed by atoms with Crippen molar-refractivity contribution in [3.8, 4) is 0 Å². The van der Waals surface area contributed by atoms with Gasteiger partial charge in [-0.05, 0) is 18.4 Å². The van der Waals surface area contributed by atoms with E-state index in [0.717, 1.165) is 5.56 Å². The number of alkyl carbamates (subject to hydrolysis) is 1. The van der Waals surface area contributed by atoms with E-state index in [1.165, 1.54) is 14.2 Å².